The third-order valence-corrected chi connectivity index (χ3v) is 5.90. The van der Waals surface area contributed by atoms with Crippen molar-refractivity contribution >= 4 is 22.6 Å². The van der Waals surface area contributed by atoms with E-state index < -0.39 is 0 Å². The molecule has 0 bridgehead atoms. The molecule has 1 amide bonds. The van der Waals surface area contributed by atoms with Crippen molar-refractivity contribution in [1.29, 1.82) is 0 Å². The maximum Gasteiger partial charge on any atom is 0.233 e. The van der Waals surface area contributed by atoms with Gasteiger partial charge in [0.2, 0.25) is 17.7 Å². The Morgan fingerprint density at radius 3 is 2.63 bits per heavy atom. The van der Waals surface area contributed by atoms with Crippen molar-refractivity contribution in [3.05, 3.63) is 85.2 Å². The van der Waals surface area contributed by atoms with Gasteiger partial charge in [-0.3, -0.25) is 15.1 Å². The zero-order chi connectivity index (χ0) is 24.2. The zero-order valence-corrected chi connectivity index (χ0v) is 19.4. The van der Waals surface area contributed by atoms with Crippen molar-refractivity contribution in [1.82, 2.24) is 9.97 Å². The van der Waals surface area contributed by atoms with Gasteiger partial charge in [-0.25, -0.2) is 4.98 Å². The van der Waals surface area contributed by atoms with E-state index in [1.54, 1.807) is 30.6 Å². The molecule has 2 heterocycles. The summed E-state index contributed by atoms with van der Waals surface area (Å²) >= 11 is 0. The average molecular weight is 464 g/mol. The van der Waals surface area contributed by atoms with Crippen LogP contribution in [-0.2, 0) is 4.79 Å². The van der Waals surface area contributed by atoms with Gasteiger partial charge in [0.15, 0.2) is 0 Å². The fourth-order valence-electron chi connectivity index (χ4n) is 4.10. The van der Waals surface area contributed by atoms with E-state index in [2.05, 4.69) is 33.5 Å². The molecule has 0 aliphatic heterocycles. The van der Waals surface area contributed by atoms with E-state index in [1.165, 1.54) is 0 Å². The second kappa shape index (κ2) is 9.81. The quantitative estimate of drug-likeness (QED) is 0.270. The van der Waals surface area contributed by atoms with Crippen LogP contribution in [0.25, 0.3) is 44.6 Å². The van der Waals surface area contributed by atoms with Gasteiger partial charge in [-0.2, -0.15) is 0 Å². The molecule has 5 aromatic rings. The van der Waals surface area contributed by atoms with E-state index >= 15 is 0 Å². The fourth-order valence-corrected chi connectivity index (χ4v) is 4.10. The normalized spacial score (nSPS) is 11.0. The molecule has 2 aromatic heterocycles. The van der Waals surface area contributed by atoms with Gasteiger partial charge in [0, 0.05) is 24.4 Å². The number of fused-ring (bicyclic) bond motifs is 1. The molecule has 2 N–H and O–H groups in total. The first-order chi connectivity index (χ1) is 17.1. The number of aromatic nitrogens is 2. The predicted octanol–water partition coefficient (Wildman–Crippen LogP) is 7.06. The molecular formula is C29H25N3O3. The molecule has 6 heteroatoms. The van der Waals surface area contributed by atoms with Crippen LogP contribution in [0.5, 0.6) is 5.75 Å². The summed E-state index contributed by atoms with van der Waals surface area (Å²) in [4.78, 5) is 21.2. The molecule has 0 aliphatic rings. The van der Waals surface area contributed by atoms with Crippen LogP contribution in [0, 0.1) is 0 Å². The number of pyridine rings is 1. The standard InChI is InChI=1S/C29H25N3O3/c1-2-3-13-26(34)31-29-27(21-10-7-16-30-18-21)32-28(35-29)24-15-14-20(17-25(24)33)23-12-6-9-19-8-4-5-11-22(19)23/h4-12,14-18,33H,2-3,13H2,1H3,(H,31,34). The molecule has 5 rings (SSSR count). The summed E-state index contributed by atoms with van der Waals surface area (Å²) in [6.07, 6.45) is 5.42. The first kappa shape index (κ1) is 22.3. The molecule has 3 aromatic carbocycles. The number of unbranched alkanes of at least 4 members (excludes halogenated alkanes) is 1. The summed E-state index contributed by atoms with van der Waals surface area (Å²) in [5, 5.41) is 16.0. The second-order valence-electron chi connectivity index (χ2n) is 8.35. The van der Waals surface area contributed by atoms with Crippen LogP contribution >= 0.6 is 0 Å². The third kappa shape index (κ3) is 4.64. The molecule has 0 saturated heterocycles. The number of rotatable bonds is 7. The number of phenolic OH excluding ortho intramolecular Hbond substituents is 1. The van der Waals surface area contributed by atoms with Crippen molar-refractivity contribution < 1.29 is 14.3 Å². The van der Waals surface area contributed by atoms with Crippen LogP contribution in [0.4, 0.5) is 5.88 Å². The zero-order valence-electron chi connectivity index (χ0n) is 19.4. The number of hydrogen-bond donors (Lipinski definition) is 2. The molecular weight excluding hydrogens is 438 g/mol. The summed E-state index contributed by atoms with van der Waals surface area (Å²) in [6, 6.07) is 23.3. The van der Waals surface area contributed by atoms with Gasteiger partial charge in [0.05, 0.1) is 5.56 Å². The van der Waals surface area contributed by atoms with Gasteiger partial charge in [0.25, 0.3) is 0 Å². The number of carbonyl (C=O) groups is 1. The largest absolute Gasteiger partial charge is 0.507 e. The Morgan fingerprint density at radius 2 is 1.83 bits per heavy atom. The number of carbonyl (C=O) groups excluding carboxylic acids is 1. The monoisotopic (exact) mass is 463 g/mol. The highest BCUT2D eigenvalue weighted by Crippen LogP contribution is 2.39. The minimum Gasteiger partial charge on any atom is -0.507 e. The molecule has 0 radical (unpaired) electrons. The number of oxazole rings is 1. The van der Waals surface area contributed by atoms with E-state index in [1.807, 2.05) is 43.3 Å². The first-order valence-electron chi connectivity index (χ1n) is 11.7. The summed E-state index contributed by atoms with van der Waals surface area (Å²) in [5.74, 6) is 0.358. The lowest BCUT2D eigenvalue weighted by Crippen LogP contribution is -2.11. The molecule has 0 atom stereocenters. The number of aromatic hydroxyl groups is 1. The second-order valence-corrected chi connectivity index (χ2v) is 8.35. The highest BCUT2D eigenvalue weighted by molar-refractivity contribution is 5.97. The first-order valence-corrected chi connectivity index (χ1v) is 11.7. The minimum atomic E-state index is -0.143. The van der Waals surface area contributed by atoms with E-state index in [0.717, 1.165) is 34.7 Å². The molecule has 0 unspecified atom stereocenters. The Hall–Kier alpha value is -4.45. The van der Waals surface area contributed by atoms with E-state index in [-0.39, 0.29) is 23.4 Å². The highest BCUT2D eigenvalue weighted by atomic mass is 16.4. The average Bonchev–Trinajstić information content (AvgIpc) is 3.30. The Morgan fingerprint density at radius 1 is 0.971 bits per heavy atom. The topological polar surface area (TPSA) is 88.2 Å². The molecule has 0 aliphatic carbocycles. The van der Waals surface area contributed by atoms with E-state index in [4.69, 9.17) is 4.42 Å². The maximum atomic E-state index is 12.4. The fraction of sp³-hybridized carbons (Fsp3) is 0.138. The van der Waals surface area contributed by atoms with Gasteiger partial charge in [-0.15, -0.1) is 0 Å². The summed E-state index contributed by atoms with van der Waals surface area (Å²) in [6.45, 7) is 2.03. The number of nitrogens with one attached hydrogen (secondary N) is 1. The van der Waals surface area contributed by atoms with Crippen LogP contribution in [0.3, 0.4) is 0 Å². The van der Waals surface area contributed by atoms with Crippen molar-refractivity contribution in [3.63, 3.8) is 0 Å². The van der Waals surface area contributed by atoms with Gasteiger partial charge in [0.1, 0.15) is 11.4 Å². The predicted molar refractivity (Wildman–Crippen MR) is 138 cm³/mol. The lowest BCUT2D eigenvalue weighted by atomic mass is 9.97. The van der Waals surface area contributed by atoms with Gasteiger partial charge in [-0.05, 0) is 52.6 Å². The van der Waals surface area contributed by atoms with Gasteiger partial charge in [-0.1, -0.05) is 61.9 Å². The summed E-state index contributed by atoms with van der Waals surface area (Å²) in [7, 11) is 0. The number of amides is 1. The number of nitrogens with zero attached hydrogens (tertiary/aromatic N) is 2. The number of benzene rings is 3. The third-order valence-electron chi connectivity index (χ3n) is 5.90. The summed E-state index contributed by atoms with van der Waals surface area (Å²) in [5.41, 5.74) is 3.52. The molecule has 6 nitrogen and oxygen atoms in total. The Bertz CT molecular complexity index is 1490. The number of hydrogen-bond acceptors (Lipinski definition) is 5. The van der Waals surface area contributed by atoms with Gasteiger partial charge >= 0.3 is 0 Å². The van der Waals surface area contributed by atoms with Crippen molar-refractivity contribution in [3.8, 4) is 39.6 Å². The van der Waals surface area contributed by atoms with Crippen LogP contribution in [-0.4, -0.2) is 21.0 Å². The van der Waals surface area contributed by atoms with Crippen molar-refractivity contribution in [2.75, 3.05) is 5.32 Å². The van der Waals surface area contributed by atoms with E-state index in [9.17, 15) is 9.90 Å². The van der Waals surface area contributed by atoms with Crippen LogP contribution in [0.15, 0.2) is 89.6 Å². The molecule has 0 spiro atoms. The lowest BCUT2D eigenvalue weighted by molar-refractivity contribution is -0.116. The minimum absolute atomic E-state index is 0.0401. The van der Waals surface area contributed by atoms with Crippen LogP contribution in [0.1, 0.15) is 26.2 Å². The summed E-state index contributed by atoms with van der Waals surface area (Å²) < 4.78 is 5.97. The van der Waals surface area contributed by atoms with Crippen LogP contribution < -0.4 is 5.32 Å². The Balaban J connectivity index is 1.53. The lowest BCUT2D eigenvalue weighted by Gasteiger charge is -2.09. The molecule has 174 valence electrons. The van der Waals surface area contributed by atoms with Crippen molar-refractivity contribution in [2.24, 2.45) is 0 Å². The molecule has 0 fully saturated rings. The Labute approximate surface area is 203 Å². The smallest absolute Gasteiger partial charge is 0.233 e. The number of phenols is 1. The SMILES string of the molecule is CCCCC(=O)Nc1oc(-c2ccc(-c3cccc4ccccc34)cc2O)nc1-c1cccnc1. The van der Waals surface area contributed by atoms with Crippen molar-refractivity contribution in [2.45, 2.75) is 26.2 Å². The Kier molecular flexibility index (Phi) is 6.26. The van der Waals surface area contributed by atoms with E-state index in [0.29, 0.717) is 23.2 Å². The molecule has 0 saturated carbocycles. The number of anilines is 1. The molecule has 35 heavy (non-hydrogen) atoms. The van der Waals surface area contributed by atoms with Gasteiger partial charge < -0.3 is 9.52 Å². The van der Waals surface area contributed by atoms with Crippen LogP contribution in [0.2, 0.25) is 0 Å². The highest BCUT2D eigenvalue weighted by Gasteiger charge is 2.21. The maximum absolute atomic E-state index is 12.4.